The first-order chi connectivity index (χ1) is 14.9. The van der Waals surface area contributed by atoms with Crippen molar-refractivity contribution < 1.29 is 22.7 Å². The second kappa shape index (κ2) is 10.1. The molecule has 1 N–H and O–H groups in total. The first-order valence-electron chi connectivity index (χ1n) is 9.63. The molecule has 0 fully saturated rings. The number of anilines is 1. The van der Waals surface area contributed by atoms with Crippen LogP contribution in [0.4, 0.5) is 23.7 Å². The second-order valence-corrected chi connectivity index (χ2v) is 6.88. The van der Waals surface area contributed by atoms with E-state index in [-0.39, 0.29) is 12.2 Å². The Labute approximate surface area is 178 Å². The number of halogens is 3. The third kappa shape index (κ3) is 6.32. The SMILES string of the molecule is COCCN(Cc1nccn1Cc1ccccc1)C(=O)Nc1ccc(C(F)(F)F)cc1. The Hall–Kier alpha value is -3.33. The number of benzene rings is 2. The first kappa shape index (κ1) is 22.4. The summed E-state index contributed by atoms with van der Waals surface area (Å²) in [6.45, 7) is 1.42. The van der Waals surface area contributed by atoms with Crippen molar-refractivity contribution in [3.8, 4) is 0 Å². The maximum Gasteiger partial charge on any atom is 0.416 e. The average Bonchev–Trinajstić information content (AvgIpc) is 3.18. The minimum absolute atomic E-state index is 0.218. The van der Waals surface area contributed by atoms with Crippen molar-refractivity contribution >= 4 is 11.7 Å². The van der Waals surface area contributed by atoms with Crippen LogP contribution in [0.3, 0.4) is 0 Å². The molecule has 1 aromatic heterocycles. The normalized spacial score (nSPS) is 11.4. The lowest BCUT2D eigenvalue weighted by molar-refractivity contribution is -0.137. The van der Waals surface area contributed by atoms with Gasteiger partial charge in [0.1, 0.15) is 5.82 Å². The predicted octanol–water partition coefficient (Wildman–Crippen LogP) is 4.63. The van der Waals surface area contributed by atoms with Crippen LogP contribution in [0.2, 0.25) is 0 Å². The van der Waals surface area contributed by atoms with Gasteiger partial charge in [-0.05, 0) is 29.8 Å². The molecular weight excluding hydrogens is 409 g/mol. The van der Waals surface area contributed by atoms with Gasteiger partial charge in [0.2, 0.25) is 0 Å². The standard InChI is InChI=1S/C22H23F3N4O2/c1-31-14-13-29(21(30)27-19-9-7-18(8-10-19)22(23,24)25)16-20-26-11-12-28(20)15-17-5-3-2-4-6-17/h2-12H,13-16H2,1H3,(H,27,30). The van der Waals surface area contributed by atoms with E-state index in [4.69, 9.17) is 4.74 Å². The van der Waals surface area contributed by atoms with Gasteiger partial charge < -0.3 is 19.5 Å². The molecule has 6 nitrogen and oxygen atoms in total. The highest BCUT2D eigenvalue weighted by atomic mass is 19.4. The molecule has 164 valence electrons. The van der Waals surface area contributed by atoms with Crippen LogP contribution in [0, 0.1) is 0 Å². The number of urea groups is 1. The molecule has 2 aromatic carbocycles. The number of rotatable bonds is 8. The van der Waals surface area contributed by atoms with Gasteiger partial charge in [0.15, 0.2) is 0 Å². The molecule has 0 saturated carbocycles. The number of aromatic nitrogens is 2. The van der Waals surface area contributed by atoms with E-state index in [1.807, 2.05) is 41.1 Å². The van der Waals surface area contributed by atoms with Crippen molar-refractivity contribution in [3.63, 3.8) is 0 Å². The lowest BCUT2D eigenvalue weighted by Gasteiger charge is -2.23. The van der Waals surface area contributed by atoms with Crippen LogP contribution < -0.4 is 5.32 Å². The molecule has 0 aliphatic heterocycles. The van der Waals surface area contributed by atoms with Gasteiger partial charge in [0.05, 0.1) is 18.7 Å². The molecule has 0 bridgehead atoms. The van der Waals surface area contributed by atoms with Crippen LogP contribution in [0.5, 0.6) is 0 Å². The Kier molecular flexibility index (Phi) is 7.30. The van der Waals surface area contributed by atoms with Crippen molar-refractivity contribution in [2.24, 2.45) is 0 Å². The highest BCUT2D eigenvalue weighted by Gasteiger charge is 2.30. The van der Waals surface area contributed by atoms with Crippen molar-refractivity contribution in [2.75, 3.05) is 25.6 Å². The van der Waals surface area contributed by atoms with Gasteiger partial charge in [-0.1, -0.05) is 30.3 Å². The van der Waals surface area contributed by atoms with Crippen LogP contribution in [0.15, 0.2) is 67.0 Å². The molecule has 2 amide bonds. The Morgan fingerprint density at radius 2 is 1.84 bits per heavy atom. The van der Waals surface area contributed by atoms with Crippen molar-refractivity contribution in [1.82, 2.24) is 14.5 Å². The number of hydrogen-bond donors (Lipinski definition) is 1. The van der Waals surface area contributed by atoms with Gasteiger partial charge in [-0.25, -0.2) is 9.78 Å². The molecule has 1 heterocycles. The Bertz CT molecular complexity index is 972. The van der Waals surface area contributed by atoms with Gasteiger partial charge in [0.25, 0.3) is 0 Å². The summed E-state index contributed by atoms with van der Waals surface area (Å²) < 4.78 is 45.3. The Morgan fingerprint density at radius 3 is 2.48 bits per heavy atom. The predicted molar refractivity (Wildman–Crippen MR) is 111 cm³/mol. The van der Waals surface area contributed by atoms with E-state index < -0.39 is 17.8 Å². The number of carbonyl (C=O) groups is 1. The highest BCUT2D eigenvalue weighted by molar-refractivity contribution is 5.89. The third-order valence-electron chi connectivity index (χ3n) is 4.65. The lowest BCUT2D eigenvalue weighted by Crippen LogP contribution is -2.37. The number of methoxy groups -OCH3 is 1. The summed E-state index contributed by atoms with van der Waals surface area (Å²) in [4.78, 5) is 18.7. The van der Waals surface area contributed by atoms with Crippen molar-refractivity contribution in [2.45, 2.75) is 19.3 Å². The third-order valence-corrected chi connectivity index (χ3v) is 4.65. The molecule has 3 aromatic rings. The van der Waals surface area contributed by atoms with Crippen LogP contribution in [-0.2, 0) is 24.0 Å². The second-order valence-electron chi connectivity index (χ2n) is 6.88. The quantitative estimate of drug-likeness (QED) is 0.565. The van der Waals surface area contributed by atoms with E-state index in [0.717, 1.165) is 17.7 Å². The zero-order valence-corrected chi connectivity index (χ0v) is 17.0. The summed E-state index contributed by atoms with van der Waals surface area (Å²) in [5.41, 5.74) is 0.595. The smallest absolute Gasteiger partial charge is 0.383 e. The van der Waals surface area contributed by atoms with Gasteiger partial charge in [-0.2, -0.15) is 13.2 Å². The number of carbonyl (C=O) groups excluding carboxylic acids is 1. The molecule has 31 heavy (non-hydrogen) atoms. The number of nitrogens with zero attached hydrogens (tertiary/aromatic N) is 3. The van der Waals surface area contributed by atoms with E-state index in [0.29, 0.717) is 25.5 Å². The topological polar surface area (TPSA) is 59.4 Å². The fourth-order valence-corrected chi connectivity index (χ4v) is 2.99. The number of amides is 2. The van der Waals surface area contributed by atoms with Gasteiger partial charge in [0, 0.05) is 38.3 Å². The molecule has 9 heteroatoms. The van der Waals surface area contributed by atoms with Crippen molar-refractivity contribution in [3.05, 3.63) is 83.9 Å². The summed E-state index contributed by atoms with van der Waals surface area (Å²) in [6, 6.07) is 13.7. The van der Waals surface area contributed by atoms with Crippen LogP contribution in [-0.4, -0.2) is 40.7 Å². The van der Waals surface area contributed by atoms with E-state index in [9.17, 15) is 18.0 Å². The summed E-state index contributed by atoms with van der Waals surface area (Å²) in [5.74, 6) is 0.683. The molecular formula is C22H23F3N4O2. The monoisotopic (exact) mass is 432 g/mol. The van der Waals surface area contributed by atoms with Crippen LogP contribution in [0.1, 0.15) is 17.0 Å². The van der Waals surface area contributed by atoms with E-state index in [1.54, 1.807) is 6.20 Å². The summed E-state index contributed by atoms with van der Waals surface area (Å²) in [5, 5.41) is 2.64. The molecule has 0 aliphatic rings. The molecule has 0 spiro atoms. The van der Waals surface area contributed by atoms with E-state index >= 15 is 0 Å². The van der Waals surface area contributed by atoms with Crippen LogP contribution in [0.25, 0.3) is 0 Å². The largest absolute Gasteiger partial charge is 0.416 e. The number of nitrogens with one attached hydrogen (secondary N) is 1. The maximum atomic E-state index is 12.8. The molecule has 3 rings (SSSR count). The zero-order chi connectivity index (χ0) is 22.3. The molecule has 0 unspecified atom stereocenters. The van der Waals surface area contributed by atoms with Gasteiger partial charge >= 0.3 is 12.2 Å². The summed E-state index contributed by atoms with van der Waals surface area (Å²) >= 11 is 0. The van der Waals surface area contributed by atoms with Gasteiger partial charge in [-0.15, -0.1) is 0 Å². The fraction of sp³-hybridized carbons (Fsp3) is 0.273. The lowest BCUT2D eigenvalue weighted by atomic mass is 10.2. The zero-order valence-electron chi connectivity index (χ0n) is 17.0. The number of ether oxygens (including phenoxy) is 1. The van der Waals surface area contributed by atoms with E-state index in [2.05, 4.69) is 10.3 Å². The van der Waals surface area contributed by atoms with Crippen LogP contribution >= 0.6 is 0 Å². The molecule has 0 aliphatic carbocycles. The molecule has 0 saturated heterocycles. The first-order valence-corrected chi connectivity index (χ1v) is 9.63. The Balaban J connectivity index is 1.70. The summed E-state index contributed by atoms with van der Waals surface area (Å²) in [6.07, 6.45) is -0.923. The summed E-state index contributed by atoms with van der Waals surface area (Å²) in [7, 11) is 1.53. The van der Waals surface area contributed by atoms with E-state index in [1.165, 1.54) is 24.1 Å². The average molecular weight is 432 g/mol. The minimum Gasteiger partial charge on any atom is -0.383 e. The molecule has 0 radical (unpaired) electrons. The number of hydrogen-bond acceptors (Lipinski definition) is 3. The highest BCUT2D eigenvalue weighted by Crippen LogP contribution is 2.29. The van der Waals surface area contributed by atoms with Gasteiger partial charge in [-0.3, -0.25) is 0 Å². The minimum atomic E-state index is -4.43. The maximum absolute atomic E-state index is 12.8. The number of imidazole rings is 1. The molecule has 0 atom stereocenters. The fourth-order valence-electron chi connectivity index (χ4n) is 2.99. The Morgan fingerprint density at radius 1 is 1.13 bits per heavy atom. The number of alkyl halides is 3. The van der Waals surface area contributed by atoms with Crippen molar-refractivity contribution in [1.29, 1.82) is 0 Å².